The average molecular weight is 465 g/mol. The number of carboxylic acid groups (broad SMARTS) is 1. The van der Waals surface area contributed by atoms with Gasteiger partial charge in [-0.3, -0.25) is 4.79 Å². The SMILES string of the molecule is CC(Cc1ccccc1)N[C-]=O.O=CO.[Fm]. The first-order valence-electron chi connectivity index (χ1n) is 4.49. The number of amides is 1. The quantitative estimate of drug-likeness (QED) is 0.396. The predicted octanol–water partition coefficient (Wildman–Crippen LogP) is 0.975. The number of carbonyl (C=O) groups excluding carboxylic acids is 1. The monoisotopic (exact) mass is 465 g/mol. The van der Waals surface area contributed by atoms with Crippen molar-refractivity contribution in [2.75, 3.05) is 0 Å². The van der Waals surface area contributed by atoms with Crippen molar-refractivity contribution >= 4 is 12.9 Å². The van der Waals surface area contributed by atoms with Gasteiger partial charge in [0.1, 0.15) is 0 Å². The van der Waals surface area contributed by atoms with E-state index < -0.39 is 0 Å². The van der Waals surface area contributed by atoms with E-state index in [-0.39, 0.29) is 12.5 Å². The molecule has 4 nitrogen and oxygen atoms in total. The van der Waals surface area contributed by atoms with E-state index in [0.29, 0.717) is 0 Å². The van der Waals surface area contributed by atoms with Gasteiger partial charge in [-0.1, -0.05) is 30.3 Å². The number of nitrogens with one attached hydrogen (secondary N) is 1. The maximum atomic E-state index is 9.97. The van der Waals surface area contributed by atoms with Crippen LogP contribution in [0.3, 0.4) is 0 Å². The average Bonchev–Trinajstić information content (AvgIpc) is 2.20. The number of benzene rings is 1. The van der Waals surface area contributed by atoms with Gasteiger partial charge in [-0.25, -0.2) is 0 Å². The van der Waals surface area contributed by atoms with Gasteiger partial charge in [0.15, 0.2) is 0 Å². The first kappa shape index (κ1) is 15.6. The fraction of sp³-hybridized carbons (Fsp3) is 0.273. The van der Waals surface area contributed by atoms with Gasteiger partial charge < -0.3 is 15.2 Å². The van der Waals surface area contributed by atoms with E-state index in [9.17, 15) is 4.79 Å². The summed E-state index contributed by atoms with van der Waals surface area (Å²) in [6.07, 6.45) is 2.54. The van der Waals surface area contributed by atoms with Crippen LogP contribution in [0.2, 0.25) is 0 Å². The molecule has 1 aromatic carbocycles. The van der Waals surface area contributed by atoms with Gasteiger partial charge in [-0.2, -0.15) is 6.41 Å². The van der Waals surface area contributed by atoms with Gasteiger partial charge in [-0.15, -0.1) is 0 Å². The predicted molar refractivity (Wildman–Crippen MR) is 57.1 cm³/mol. The minimum Gasteiger partial charge on any atom is -0.527 e. The summed E-state index contributed by atoms with van der Waals surface area (Å²) in [5.41, 5.74) is 1.23. The smallest absolute Gasteiger partial charge is 0.290 e. The molecule has 0 aliphatic heterocycles. The molecule has 94 valence electrons. The molecule has 0 radical (unpaired) electrons. The van der Waals surface area contributed by atoms with E-state index in [0.717, 1.165) is 6.42 Å². The molecule has 1 aromatic rings. The molecule has 0 saturated heterocycles. The van der Waals surface area contributed by atoms with E-state index in [1.165, 1.54) is 5.56 Å². The molecule has 1 atom stereocenters. The van der Waals surface area contributed by atoms with Crippen LogP contribution in [0.4, 0.5) is 0 Å². The Morgan fingerprint density at radius 2 is 1.94 bits per heavy atom. The van der Waals surface area contributed by atoms with Crippen molar-refractivity contribution in [3.63, 3.8) is 0 Å². The molecule has 0 bridgehead atoms. The second-order valence-corrected chi connectivity index (χ2v) is 2.94. The second-order valence-electron chi connectivity index (χ2n) is 2.94. The van der Waals surface area contributed by atoms with Crippen LogP contribution >= 0.6 is 0 Å². The van der Waals surface area contributed by atoms with Crippen molar-refractivity contribution in [1.29, 1.82) is 0 Å². The number of rotatable bonds is 4. The van der Waals surface area contributed by atoms with Crippen molar-refractivity contribution in [3.8, 4) is 0 Å². The first-order valence-corrected chi connectivity index (χ1v) is 4.49. The molecule has 0 fully saturated rings. The molecule has 1 rings (SSSR count). The largest absolute Gasteiger partial charge is 0.527 e. The van der Waals surface area contributed by atoms with Crippen molar-refractivity contribution in [2.45, 2.75) is 19.4 Å². The first-order chi connectivity index (χ1) is 7.24. The summed E-state index contributed by atoms with van der Waals surface area (Å²) in [5, 5.41) is 9.48. The zero-order valence-electron chi connectivity index (χ0n) is 8.80. The summed E-state index contributed by atoms with van der Waals surface area (Å²) in [7, 11) is 0. The van der Waals surface area contributed by atoms with Crippen LogP contribution in [0.15, 0.2) is 30.3 Å². The molecular formula is C11H14FmNO3-. The molecule has 0 spiro atoms. The van der Waals surface area contributed by atoms with E-state index in [4.69, 9.17) is 9.90 Å². The molecule has 5 heteroatoms. The number of carbonyl (C=O) groups is 1. The van der Waals surface area contributed by atoms with Crippen molar-refractivity contribution < 1.29 is 14.7 Å². The molecule has 0 aliphatic carbocycles. The molecule has 0 aromatic heterocycles. The molecule has 0 saturated carbocycles. The van der Waals surface area contributed by atoms with Gasteiger partial charge in [0, 0.05) is 0 Å². The van der Waals surface area contributed by atoms with Crippen LogP contribution in [0.5, 0.6) is 0 Å². The normalized spacial score (nSPS) is 9.81. The summed E-state index contributed by atoms with van der Waals surface area (Å²) >= 11 is 0. The molecule has 2 N–H and O–H groups in total. The molecular weight excluding hydrogens is 451 g/mol. The van der Waals surface area contributed by atoms with Crippen LogP contribution < -0.4 is 5.32 Å². The Morgan fingerprint density at radius 1 is 1.44 bits per heavy atom. The maximum Gasteiger partial charge on any atom is 0.290 e. The van der Waals surface area contributed by atoms with Crippen LogP contribution in [0.25, 0.3) is 0 Å². The van der Waals surface area contributed by atoms with Gasteiger partial charge in [0.2, 0.25) is 0 Å². The Labute approximate surface area is 88.9 Å². The summed E-state index contributed by atoms with van der Waals surface area (Å²) in [6, 6.07) is 10.2. The fourth-order valence-electron chi connectivity index (χ4n) is 1.12. The zero-order valence-corrected chi connectivity index (χ0v) is 11.2. The van der Waals surface area contributed by atoms with Crippen molar-refractivity contribution in [1.82, 2.24) is 5.32 Å². The summed E-state index contributed by atoms with van der Waals surface area (Å²) < 4.78 is 0. The Bertz CT molecular complexity index is 280. The summed E-state index contributed by atoms with van der Waals surface area (Å²) in [5.74, 6) is 0. The van der Waals surface area contributed by atoms with E-state index >= 15 is 0 Å². The third-order valence-corrected chi connectivity index (χ3v) is 1.69. The van der Waals surface area contributed by atoms with Gasteiger partial charge in [0.25, 0.3) is 6.47 Å². The van der Waals surface area contributed by atoms with Gasteiger partial charge in [0.05, 0.1) is 0 Å². The summed E-state index contributed by atoms with van der Waals surface area (Å²) in [6.45, 7) is 1.71. The van der Waals surface area contributed by atoms with Crippen LogP contribution in [0.1, 0.15) is 12.5 Å². The van der Waals surface area contributed by atoms with Gasteiger partial charge in [-0.05, 0) is 24.9 Å². The molecule has 1 amide bonds. The Kier molecular flexibility index (Phi) is 10.0. The molecule has 1 unspecified atom stereocenters. The van der Waals surface area contributed by atoms with E-state index in [2.05, 4.69) is 5.32 Å². The van der Waals surface area contributed by atoms with Crippen LogP contribution in [0, 0.1) is 0 Å². The fourth-order valence-corrected chi connectivity index (χ4v) is 1.12. The molecule has 0 aliphatic rings. The Morgan fingerprint density at radius 3 is 2.38 bits per heavy atom. The standard InChI is InChI=1S/C10H12NO.CH2O2.Fm/c1-9(11-8-12)7-10-5-3-2-4-6-10;2-1-3;/h2-6,9H,7H2,1H3,(H,11,12);1H,(H,2,3);/q-1;;. The second kappa shape index (κ2) is 10.2. The minimum atomic E-state index is -0.250. The number of hydrogen-bond donors (Lipinski definition) is 2. The van der Waals surface area contributed by atoms with Crippen LogP contribution in [-0.4, -0.2) is 24.0 Å². The number of hydrogen-bond acceptors (Lipinski definition) is 2. The third kappa shape index (κ3) is 7.79. The Hall–Kier alpha value is -2.84. The van der Waals surface area contributed by atoms with Crippen molar-refractivity contribution in [2.24, 2.45) is 0 Å². The Balaban J connectivity index is 0. The molecule has 16 heavy (non-hydrogen) atoms. The third-order valence-electron chi connectivity index (χ3n) is 1.69. The van der Waals surface area contributed by atoms with Crippen LogP contribution in [-0.2, 0) is 16.0 Å². The minimum absolute atomic E-state index is 0. The van der Waals surface area contributed by atoms with E-state index in [1.807, 2.05) is 37.3 Å². The molecule has 0 heterocycles. The zero-order chi connectivity index (χ0) is 11.5. The maximum absolute atomic E-state index is 9.97. The van der Waals surface area contributed by atoms with Gasteiger partial charge >= 0.3 is 0 Å². The summed E-state index contributed by atoms with van der Waals surface area (Å²) in [4.78, 5) is 18.3. The van der Waals surface area contributed by atoms with Crippen molar-refractivity contribution in [3.05, 3.63) is 35.9 Å². The van der Waals surface area contributed by atoms with E-state index in [1.54, 1.807) is 6.41 Å². The topological polar surface area (TPSA) is 66.4 Å².